The molecule has 5 heteroatoms. The third-order valence-corrected chi connectivity index (χ3v) is 3.93. The molecule has 1 aliphatic heterocycles. The highest BCUT2D eigenvalue weighted by Crippen LogP contribution is 2.30. The van der Waals surface area contributed by atoms with Crippen LogP contribution in [0.15, 0.2) is 17.5 Å². The Morgan fingerprint density at radius 3 is 2.88 bits per heavy atom. The molecule has 3 nitrogen and oxygen atoms in total. The molecule has 0 aromatic carbocycles. The molecule has 0 spiro atoms. The molecule has 1 saturated heterocycles. The molecule has 0 bridgehead atoms. The molecule has 0 radical (unpaired) electrons. The Hall–Kier alpha value is -0.940. The summed E-state index contributed by atoms with van der Waals surface area (Å²) in [7, 11) is 0. The number of nitrogens with one attached hydrogen (secondary N) is 1. The summed E-state index contributed by atoms with van der Waals surface area (Å²) < 4.78 is 12.5. The van der Waals surface area contributed by atoms with Crippen molar-refractivity contribution in [3.8, 4) is 0 Å². The predicted octanol–water partition coefficient (Wildman–Crippen LogP) is 2.17. The van der Waals surface area contributed by atoms with Gasteiger partial charge >= 0.3 is 0 Å². The number of halogens is 1. The number of alkyl halides is 1. The van der Waals surface area contributed by atoms with Crippen LogP contribution in [-0.2, 0) is 4.79 Å². The third kappa shape index (κ3) is 2.35. The van der Waals surface area contributed by atoms with Gasteiger partial charge in [-0.25, -0.2) is 4.39 Å². The van der Waals surface area contributed by atoms with Gasteiger partial charge in [0.25, 0.3) is 0 Å². The zero-order valence-corrected chi connectivity index (χ0v) is 10.8. The summed E-state index contributed by atoms with van der Waals surface area (Å²) in [4.78, 5) is 14.8. The maximum atomic E-state index is 12.5. The van der Waals surface area contributed by atoms with E-state index in [9.17, 15) is 9.18 Å². The average molecular weight is 256 g/mol. The van der Waals surface area contributed by atoms with Crippen molar-refractivity contribution < 1.29 is 9.18 Å². The lowest BCUT2D eigenvalue weighted by atomic mass is 10.1. The number of hydrogen-bond donors (Lipinski definition) is 1. The Balaban J connectivity index is 2.22. The van der Waals surface area contributed by atoms with Gasteiger partial charge in [0.05, 0.1) is 12.6 Å². The van der Waals surface area contributed by atoms with Gasteiger partial charge < -0.3 is 4.90 Å². The molecular weight excluding hydrogens is 239 g/mol. The van der Waals surface area contributed by atoms with Crippen LogP contribution in [-0.4, -0.2) is 30.1 Å². The highest BCUT2D eigenvalue weighted by atomic mass is 32.1. The van der Waals surface area contributed by atoms with E-state index in [2.05, 4.69) is 5.32 Å². The van der Waals surface area contributed by atoms with E-state index in [1.54, 1.807) is 16.2 Å². The number of hydrogen-bond acceptors (Lipinski definition) is 3. The van der Waals surface area contributed by atoms with Gasteiger partial charge in [-0.3, -0.25) is 10.1 Å². The predicted molar refractivity (Wildman–Crippen MR) is 66.5 cm³/mol. The summed E-state index contributed by atoms with van der Waals surface area (Å²) in [5, 5.41) is 5.27. The van der Waals surface area contributed by atoms with Gasteiger partial charge in [0.1, 0.15) is 12.8 Å². The number of amides is 1. The molecule has 17 heavy (non-hydrogen) atoms. The number of rotatable bonds is 4. The quantitative estimate of drug-likeness (QED) is 0.895. The van der Waals surface area contributed by atoms with Crippen molar-refractivity contribution in [3.05, 3.63) is 22.4 Å². The van der Waals surface area contributed by atoms with Gasteiger partial charge in [0, 0.05) is 4.88 Å². The number of carbonyl (C=O) groups is 1. The third-order valence-electron chi connectivity index (χ3n) is 3.00. The standard InChI is InChI=1S/C12H17FN2OS/c1-8(2)10-12(16)15(6-5-13)11(14-10)9-4-3-7-17-9/h3-4,7-8,10-11,14H,5-6H2,1-2H3. The first-order valence-electron chi connectivity index (χ1n) is 5.81. The normalized spacial score (nSPS) is 24.9. The minimum atomic E-state index is -0.500. The van der Waals surface area contributed by atoms with Crippen LogP contribution in [0.5, 0.6) is 0 Å². The summed E-state index contributed by atoms with van der Waals surface area (Å²) in [6.45, 7) is 3.66. The minimum absolute atomic E-state index is 0.0102. The van der Waals surface area contributed by atoms with Gasteiger partial charge in [0.15, 0.2) is 0 Å². The second-order valence-electron chi connectivity index (χ2n) is 4.53. The van der Waals surface area contributed by atoms with Crippen molar-refractivity contribution in [1.29, 1.82) is 0 Å². The number of thiophene rings is 1. The second kappa shape index (κ2) is 5.14. The van der Waals surface area contributed by atoms with Crippen molar-refractivity contribution in [2.75, 3.05) is 13.2 Å². The van der Waals surface area contributed by atoms with E-state index in [1.165, 1.54) is 0 Å². The maximum absolute atomic E-state index is 12.5. The van der Waals surface area contributed by atoms with E-state index in [0.717, 1.165) is 4.88 Å². The van der Waals surface area contributed by atoms with Crippen molar-refractivity contribution in [2.24, 2.45) is 5.92 Å². The van der Waals surface area contributed by atoms with E-state index in [1.807, 2.05) is 31.4 Å². The fraction of sp³-hybridized carbons (Fsp3) is 0.583. The van der Waals surface area contributed by atoms with E-state index >= 15 is 0 Å². The maximum Gasteiger partial charge on any atom is 0.241 e. The molecule has 1 aromatic rings. The van der Waals surface area contributed by atoms with Crippen LogP contribution in [0, 0.1) is 5.92 Å². The number of carbonyl (C=O) groups excluding carboxylic acids is 1. The Bertz CT molecular complexity index is 380. The SMILES string of the molecule is CC(C)C1NC(c2cccs2)N(CCF)C1=O. The van der Waals surface area contributed by atoms with E-state index in [0.29, 0.717) is 0 Å². The van der Waals surface area contributed by atoms with Crippen LogP contribution < -0.4 is 5.32 Å². The molecule has 2 rings (SSSR count). The second-order valence-corrected chi connectivity index (χ2v) is 5.51. The Morgan fingerprint density at radius 2 is 2.35 bits per heavy atom. The van der Waals surface area contributed by atoms with Crippen molar-refractivity contribution in [1.82, 2.24) is 10.2 Å². The molecule has 1 fully saturated rings. The van der Waals surface area contributed by atoms with Gasteiger partial charge in [-0.1, -0.05) is 19.9 Å². The average Bonchev–Trinajstić information content (AvgIpc) is 2.88. The van der Waals surface area contributed by atoms with E-state index in [4.69, 9.17) is 0 Å². The largest absolute Gasteiger partial charge is 0.318 e. The molecule has 0 saturated carbocycles. The van der Waals surface area contributed by atoms with Gasteiger partial charge in [-0.05, 0) is 17.4 Å². The minimum Gasteiger partial charge on any atom is -0.318 e. The molecule has 1 amide bonds. The summed E-state index contributed by atoms with van der Waals surface area (Å²) >= 11 is 1.59. The molecule has 2 atom stereocenters. The van der Waals surface area contributed by atoms with Crippen LogP contribution in [0.25, 0.3) is 0 Å². The smallest absolute Gasteiger partial charge is 0.241 e. The topological polar surface area (TPSA) is 32.3 Å². The first-order valence-corrected chi connectivity index (χ1v) is 6.69. The van der Waals surface area contributed by atoms with Crippen LogP contribution >= 0.6 is 11.3 Å². The Kier molecular flexibility index (Phi) is 3.79. The molecule has 2 unspecified atom stereocenters. The molecule has 0 aliphatic carbocycles. The lowest BCUT2D eigenvalue weighted by molar-refractivity contribution is -0.131. The van der Waals surface area contributed by atoms with Crippen LogP contribution in [0.1, 0.15) is 24.9 Å². The summed E-state index contributed by atoms with van der Waals surface area (Å²) in [6.07, 6.45) is -0.161. The van der Waals surface area contributed by atoms with Crippen LogP contribution in [0.4, 0.5) is 4.39 Å². The van der Waals surface area contributed by atoms with Crippen molar-refractivity contribution in [2.45, 2.75) is 26.1 Å². The Labute approximate surface area is 105 Å². The van der Waals surface area contributed by atoms with E-state index < -0.39 is 6.67 Å². The van der Waals surface area contributed by atoms with Crippen LogP contribution in [0.2, 0.25) is 0 Å². The van der Waals surface area contributed by atoms with E-state index in [-0.39, 0.29) is 30.6 Å². The van der Waals surface area contributed by atoms with Crippen LogP contribution in [0.3, 0.4) is 0 Å². The lowest BCUT2D eigenvalue weighted by Gasteiger charge is -2.21. The Morgan fingerprint density at radius 1 is 1.59 bits per heavy atom. The van der Waals surface area contributed by atoms with Gasteiger partial charge in [-0.2, -0.15) is 0 Å². The van der Waals surface area contributed by atoms with Gasteiger partial charge in [-0.15, -0.1) is 11.3 Å². The highest BCUT2D eigenvalue weighted by Gasteiger charge is 2.40. The first kappa shape index (κ1) is 12.5. The summed E-state index contributed by atoms with van der Waals surface area (Å²) in [5.74, 6) is 0.227. The molecule has 1 N–H and O–H groups in total. The van der Waals surface area contributed by atoms with Crippen molar-refractivity contribution >= 4 is 17.2 Å². The monoisotopic (exact) mass is 256 g/mol. The summed E-state index contributed by atoms with van der Waals surface area (Å²) in [5.41, 5.74) is 0. The van der Waals surface area contributed by atoms with Crippen molar-refractivity contribution in [3.63, 3.8) is 0 Å². The van der Waals surface area contributed by atoms with Gasteiger partial charge in [0.2, 0.25) is 5.91 Å². The fourth-order valence-electron chi connectivity index (χ4n) is 2.13. The molecule has 94 valence electrons. The molecular formula is C12H17FN2OS. The fourth-order valence-corrected chi connectivity index (χ4v) is 2.92. The first-order chi connectivity index (χ1) is 8.15. The molecule has 2 heterocycles. The zero-order valence-electron chi connectivity index (χ0n) is 10.0. The summed E-state index contributed by atoms with van der Waals surface area (Å²) in [6, 6.07) is 3.72. The zero-order chi connectivity index (χ0) is 12.4. The molecule has 1 aromatic heterocycles. The number of nitrogens with zero attached hydrogens (tertiary/aromatic N) is 1. The lowest BCUT2D eigenvalue weighted by Crippen LogP contribution is -2.35. The molecule has 1 aliphatic rings. The highest BCUT2D eigenvalue weighted by molar-refractivity contribution is 7.10.